The first-order valence-electron chi connectivity index (χ1n) is 9.46. The molecule has 2 aromatic carbocycles. The summed E-state index contributed by atoms with van der Waals surface area (Å²) in [5.41, 5.74) is 0.833. The largest absolute Gasteiger partial charge is 0.493 e. The highest BCUT2D eigenvalue weighted by Crippen LogP contribution is 2.38. The third-order valence-electron chi connectivity index (χ3n) is 4.62. The van der Waals surface area contributed by atoms with Crippen LogP contribution in [0.4, 0.5) is 5.69 Å². The van der Waals surface area contributed by atoms with Gasteiger partial charge in [0.05, 0.1) is 23.9 Å². The molecule has 0 bridgehead atoms. The van der Waals surface area contributed by atoms with Crippen molar-refractivity contribution in [3.63, 3.8) is 0 Å². The fraction of sp³-hybridized carbons (Fsp3) is 0.227. The molecule has 1 aliphatic heterocycles. The number of ether oxygens (including phenoxy) is 2. The third kappa shape index (κ3) is 5.01. The number of amides is 2. The second kappa shape index (κ2) is 9.68. The molecule has 6 nitrogen and oxygen atoms in total. The van der Waals surface area contributed by atoms with Crippen molar-refractivity contribution in [1.29, 1.82) is 0 Å². The molecule has 1 N–H and O–H groups in total. The van der Waals surface area contributed by atoms with Crippen LogP contribution in [0.3, 0.4) is 0 Å². The number of nitrogens with zero attached hydrogens (tertiary/aromatic N) is 1. The smallest absolute Gasteiger partial charge is 0.270 e. The summed E-state index contributed by atoms with van der Waals surface area (Å²) in [5.74, 6) is -0.387. The lowest BCUT2D eigenvalue weighted by Crippen LogP contribution is -2.54. The summed E-state index contributed by atoms with van der Waals surface area (Å²) in [6.45, 7) is 3.91. The maximum Gasteiger partial charge on any atom is 0.270 e. The molecule has 9 heteroatoms. The van der Waals surface area contributed by atoms with Gasteiger partial charge >= 0.3 is 0 Å². The summed E-state index contributed by atoms with van der Waals surface area (Å²) in [5, 5.41) is 3.25. The minimum Gasteiger partial charge on any atom is -0.493 e. The Morgan fingerprint density at radius 2 is 1.97 bits per heavy atom. The maximum atomic E-state index is 13.1. The first-order valence-corrected chi connectivity index (χ1v) is 10.6. The van der Waals surface area contributed by atoms with E-state index in [4.69, 9.17) is 44.9 Å². The number of benzene rings is 2. The first-order chi connectivity index (χ1) is 14.7. The minimum absolute atomic E-state index is 0.0256. The molecule has 3 rings (SSSR count). The van der Waals surface area contributed by atoms with E-state index >= 15 is 0 Å². The molecule has 1 unspecified atom stereocenters. The molecule has 31 heavy (non-hydrogen) atoms. The fourth-order valence-corrected chi connectivity index (χ4v) is 3.63. The van der Waals surface area contributed by atoms with Crippen molar-refractivity contribution in [3.05, 3.63) is 57.6 Å². The van der Waals surface area contributed by atoms with Crippen molar-refractivity contribution in [2.75, 3.05) is 12.0 Å². The normalized spacial score (nSPS) is 16.4. The zero-order valence-electron chi connectivity index (χ0n) is 17.1. The van der Waals surface area contributed by atoms with Gasteiger partial charge in [0.2, 0.25) is 0 Å². The Kier molecular flexibility index (Phi) is 7.20. The molecule has 2 aromatic rings. The Bertz CT molecular complexity index is 1090. The maximum absolute atomic E-state index is 13.1. The van der Waals surface area contributed by atoms with E-state index in [1.807, 2.05) is 13.8 Å². The van der Waals surface area contributed by atoms with Gasteiger partial charge < -0.3 is 9.47 Å². The number of rotatable bonds is 6. The molecule has 0 aromatic heterocycles. The van der Waals surface area contributed by atoms with Crippen LogP contribution >= 0.6 is 35.4 Å². The molecule has 1 aliphatic rings. The lowest BCUT2D eigenvalue weighted by atomic mass is 10.1. The number of thiocarbonyl (C=S) groups is 1. The lowest BCUT2D eigenvalue weighted by Gasteiger charge is -2.29. The first kappa shape index (κ1) is 23.1. The van der Waals surface area contributed by atoms with Crippen molar-refractivity contribution < 1.29 is 19.1 Å². The van der Waals surface area contributed by atoms with Crippen LogP contribution in [0.25, 0.3) is 6.08 Å². The van der Waals surface area contributed by atoms with Crippen LogP contribution in [0.15, 0.2) is 42.0 Å². The Labute approximate surface area is 195 Å². The Morgan fingerprint density at radius 3 is 2.61 bits per heavy atom. The van der Waals surface area contributed by atoms with E-state index in [1.54, 1.807) is 36.4 Å². The summed E-state index contributed by atoms with van der Waals surface area (Å²) in [6, 6.07) is 9.87. The highest BCUT2D eigenvalue weighted by molar-refractivity contribution is 7.80. The van der Waals surface area contributed by atoms with Gasteiger partial charge in [0.25, 0.3) is 11.8 Å². The molecular formula is C22H20Cl2N2O4S. The Morgan fingerprint density at radius 1 is 1.23 bits per heavy atom. The Hall–Kier alpha value is -2.61. The average Bonchev–Trinajstić information content (AvgIpc) is 2.72. The number of methoxy groups -OCH3 is 1. The van der Waals surface area contributed by atoms with Gasteiger partial charge in [0, 0.05) is 5.02 Å². The van der Waals surface area contributed by atoms with E-state index in [1.165, 1.54) is 18.1 Å². The van der Waals surface area contributed by atoms with Crippen LogP contribution in [0.1, 0.15) is 25.8 Å². The summed E-state index contributed by atoms with van der Waals surface area (Å²) >= 11 is 17.6. The van der Waals surface area contributed by atoms with E-state index < -0.39 is 11.8 Å². The van der Waals surface area contributed by atoms with Gasteiger partial charge in [-0.3, -0.25) is 19.8 Å². The number of hydrogen-bond donors (Lipinski definition) is 1. The van der Waals surface area contributed by atoms with Crippen LogP contribution in [0.2, 0.25) is 10.0 Å². The van der Waals surface area contributed by atoms with E-state index in [9.17, 15) is 9.59 Å². The van der Waals surface area contributed by atoms with Crippen LogP contribution in [0.5, 0.6) is 11.5 Å². The van der Waals surface area contributed by atoms with E-state index in [0.717, 1.165) is 6.42 Å². The zero-order chi connectivity index (χ0) is 22.7. The molecule has 0 saturated carbocycles. The molecule has 1 heterocycles. The highest BCUT2D eigenvalue weighted by Gasteiger charge is 2.34. The van der Waals surface area contributed by atoms with Gasteiger partial charge in [0.15, 0.2) is 16.6 Å². The summed E-state index contributed by atoms with van der Waals surface area (Å²) < 4.78 is 11.2. The fourth-order valence-electron chi connectivity index (χ4n) is 2.90. The highest BCUT2D eigenvalue weighted by atomic mass is 35.5. The van der Waals surface area contributed by atoms with E-state index in [0.29, 0.717) is 32.8 Å². The molecule has 0 radical (unpaired) electrons. The van der Waals surface area contributed by atoms with E-state index in [2.05, 4.69) is 5.32 Å². The SMILES string of the molecule is CCC(C)Oc1c(Cl)cc(/C=C2\C(=O)NC(=S)N(c3cccc(Cl)c3)C2=O)cc1OC. The van der Waals surface area contributed by atoms with Gasteiger partial charge in [-0.25, -0.2) is 0 Å². The number of carbonyl (C=O) groups is 2. The number of hydrogen-bond acceptors (Lipinski definition) is 5. The van der Waals surface area contributed by atoms with Gasteiger partial charge in [0.1, 0.15) is 5.57 Å². The van der Waals surface area contributed by atoms with Crippen LogP contribution in [-0.2, 0) is 9.59 Å². The van der Waals surface area contributed by atoms with Crippen LogP contribution in [0, 0.1) is 0 Å². The number of halogens is 2. The molecule has 1 atom stereocenters. The number of anilines is 1. The second-order valence-corrected chi connectivity index (χ2v) is 8.04. The second-order valence-electron chi connectivity index (χ2n) is 6.81. The number of carbonyl (C=O) groups excluding carboxylic acids is 2. The molecule has 1 fully saturated rings. The van der Waals surface area contributed by atoms with Gasteiger partial charge in [-0.05, 0) is 67.5 Å². The third-order valence-corrected chi connectivity index (χ3v) is 5.43. The van der Waals surface area contributed by atoms with Gasteiger partial charge in [-0.15, -0.1) is 0 Å². The predicted octanol–water partition coefficient (Wildman–Crippen LogP) is 5.01. The van der Waals surface area contributed by atoms with Crippen molar-refractivity contribution in [3.8, 4) is 11.5 Å². The standard InChI is InChI=1S/C22H20Cl2N2O4S/c1-4-12(2)30-19-17(24)9-13(10-18(19)29-3)8-16-20(27)25-22(31)26(21(16)28)15-7-5-6-14(23)11-15/h5-12H,4H2,1-3H3,(H,25,27,31)/b16-8+. The monoisotopic (exact) mass is 478 g/mol. The quantitative estimate of drug-likeness (QED) is 0.359. The molecular weight excluding hydrogens is 459 g/mol. The van der Waals surface area contributed by atoms with Crippen molar-refractivity contribution in [2.24, 2.45) is 0 Å². The molecule has 2 amide bonds. The zero-order valence-corrected chi connectivity index (χ0v) is 19.4. The van der Waals surface area contributed by atoms with Crippen LogP contribution < -0.4 is 19.7 Å². The van der Waals surface area contributed by atoms with Crippen molar-refractivity contribution >= 4 is 64.1 Å². The summed E-state index contributed by atoms with van der Waals surface area (Å²) in [4.78, 5) is 26.9. The lowest BCUT2D eigenvalue weighted by molar-refractivity contribution is -0.122. The number of nitrogens with one attached hydrogen (secondary N) is 1. The Balaban J connectivity index is 2.01. The molecule has 1 saturated heterocycles. The summed E-state index contributed by atoms with van der Waals surface area (Å²) in [6.07, 6.45) is 2.16. The minimum atomic E-state index is -0.608. The van der Waals surface area contributed by atoms with Gasteiger partial charge in [-0.1, -0.05) is 36.2 Å². The van der Waals surface area contributed by atoms with Crippen molar-refractivity contribution in [2.45, 2.75) is 26.4 Å². The molecule has 0 aliphatic carbocycles. The van der Waals surface area contributed by atoms with Crippen LogP contribution in [-0.4, -0.2) is 30.1 Å². The van der Waals surface area contributed by atoms with Crippen molar-refractivity contribution in [1.82, 2.24) is 5.32 Å². The molecule has 162 valence electrons. The van der Waals surface area contributed by atoms with E-state index in [-0.39, 0.29) is 16.8 Å². The topological polar surface area (TPSA) is 67.9 Å². The molecule has 0 spiro atoms. The average molecular weight is 479 g/mol. The van der Waals surface area contributed by atoms with Gasteiger partial charge in [-0.2, -0.15) is 0 Å². The summed E-state index contributed by atoms with van der Waals surface area (Å²) in [7, 11) is 1.49. The predicted molar refractivity (Wildman–Crippen MR) is 126 cm³/mol.